The maximum Gasteiger partial charge on any atom is 0.216 e. The van der Waals surface area contributed by atoms with Crippen LogP contribution in [0.3, 0.4) is 0 Å². The van der Waals surface area contributed by atoms with Crippen molar-refractivity contribution >= 4 is 11.6 Å². The van der Waals surface area contributed by atoms with E-state index < -0.39 is 0 Å². The van der Waals surface area contributed by atoms with Crippen LogP contribution in [0.2, 0.25) is 0 Å². The second kappa shape index (κ2) is 6.67. The number of oxazole rings is 1. The van der Waals surface area contributed by atoms with E-state index in [1.165, 1.54) is 24.0 Å². The number of aryl methyl sites for hydroxylation is 1. The van der Waals surface area contributed by atoms with E-state index in [9.17, 15) is 0 Å². The quantitative estimate of drug-likeness (QED) is 0.665. The molecular weight excluding hydrogens is 300 g/mol. The van der Waals surface area contributed by atoms with Gasteiger partial charge in [0.2, 0.25) is 5.89 Å². The van der Waals surface area contributed by atoms with E-state index >= 15 is 0 Å². The van der Waals surface area contributed by atoms with Crippen molar-refractivity contribution in [2.75, 3.05) is 5.32 Å². The van der Waals surface area contributed by atoms with Crippen LogP contribution in [0.1, 0.15) is 56.4 Å². The van der Waals surface area contributed by atoms with Crippen molar-refractivity contribution < 1.29 is 4.42 Å². The molecule has 1 aliphatic rings. The summed E-state index contributed by atoms with van der Waals surface area (Å²) in [5.74, 6) is 1.83. The molecule has 0 aliphatic heterocycles. The first kappa shape index (κ1) is 16.6. The molecule has 1 aromatic carbocycles. The minimum absolute atomic E-state index is 0.0537. The SMILES string of the molecule is CC(C)(C)c1cnc(CN=C(N)Nc2cccc3c2CCCC3)o1. The number of hydrogen-bond acceptors (Lipinski definition) is 3. The molecule has 0 unspecified atom stereocenters. The Labute approximate surface area is 143 Å². The average molecular weight is 326 g/mol. The van der Waals surface area contributed by atoms with Gasteiger partial charge in [0, 0.05) is 11.1 Å². The maximum absolute atomic E-state index is 6.05. The predicted octanol–water partition coefficient (Wildman–Crippen LogP) is 3.78. The van der Waals surface area contributed by atoms with Gasteiger partial charge in [0.05, 0.1) is 6.20 Å². The van der Waals surface area contributed by atoms with Gasteiger partial charge in [0.25, 0.3) is 0 Å². The van der Waals surface area contributed by atoms with E-state index in [0.717, 1.165) is 24.3 Å². The molecule has 0 saturated carbocycles. The highest BCUT2D eigenvalue weighted by molar-refractivity contribution is 5.93. The maximum atomic E-state index is 6.05. The number of benzene rings is 1. The third-order valence-electron chi connectivity index (χ3n) is 4.34. The third-order valence-corrected chi connectivity index (χ3v) is 4.34. The van der Waals surface area contributed by atoms with Gasteiger partial charge in [-0.3, -0.25) is 0 Å². The molecule has 0 atom stereocenters. The summed E-state index contributed by atoms with van der Waals surface area (Å²) < 4.78 is 5.74. The number of anilines is 1. The van der Waals surface area contributed by atoms with Crippen LogP contribution in [0, 0.1) is 0 Å². The number of nitrogens with zero attached hydrogens (tertiary/aromatic N) is 2. The smallest absolute Gasteiger partial charge is 0.216 e. The van der Waals surface area contributed by atoms with Gasteiger partial charge in [-0.1, -0.05) is 32.9 Å². The van der Waals surface area contributed by atoms with Gasteiger partial charge in [-0.2, -0.15) is 0 Å². The molecule has 5 heteroatoms. The Morgan fingerprint density at radius 2 is 2.08 bits per heavy atom. The average Bonchev–Trinajstić information content (AvgIpc) is 3.03. The van der Waals surface area contributed by atoms with Gasteiger partial charge >= 0.3 is 0 Å². The highest BCUT2D eigenvalue weighted by atomic mass is 16.4. The number of nitrogens with two attached hydrogens (primary N) is 1. The van der Waals surface area contributed by atoms with Crippen molar-refractivity contribution in [2.24, 2.45) is 10.7 Å². The van der Waals surface area contributed by atoms with E-state index in [-0.39, 0.29) is 5.41 Å². The lowest BCUT2D eigenvalue weighted by Gasteiger charge is -2.19. The van der Waals surface area contributed by atoms with Crippen LogP contribution in [-0.2, 0) is 24.8 Å². The second-order valence-electron chi connectivity index (χ2n) is 7.35. The Morgan fingerprint density at radius 1 is 1.29 bits per heavy atom. The number of aliphatic imine (C=N–C) groups is 1. The molecule has 2 aromatic rings. The van der Waals surface area contributed by atoms with Gasteiger partial charge in [-0.25, -0.2) is 9.98 Å². The van der Waals surface area contributed by atoms with E-state index in [4.69, 9.17) is 10.2 Å². The first-order valence-corrected chi connectivity index (χ1v) is 8.56. The number of fused-ring (bicyclic) bond motifs is 1. The highest BCUT2D eigenvalue weighted by Gasteiger charge is 2.19. The Morgan fingerprint density at radius 3 is 2.83 bits per heavy atom. The van der Waals surface area contributed by atoms with Crippen molar-refractivity contribution in [3.05, 3.63) is 47.2 Å². The van der Waals surface area contributed by atoms with Crippen LogP contribution >= 0.6 is 0 Å². The molecule has 0 fully saturated rings. The van der Waals surface area contributed by atoms with Crippen LogP contribution in [0.4, 0.5) is 5.69 Å². The highest BCUT2D eigenvalue weighted by Crippen LogP contribution is 2.27. The molecule has 3 N–H and O–H groups in total. The van der Waals surface area contributed by atoms with Crippen molar-refractivity contribution in [1.29, 1.82) is 0 Å². The van der Waals surface area contributed by atoms with Crippen LogP contribution in [0.5, 0.6) is 0 Å². The molecule has 0 radical (unpaired) electrons. The lowest BCUT2D eigenvalue weighted by atomic mass is 9.90. The molecule has 5 nitrogen and oxygen atoms in total. The fourth-order valence-electron chi connectivity index (χ4n) is 2.96. The third kappa shape index (κ3) is 3.78. The van der Waals surface area contributed by atoms with Crippen LogP contribution in [0.15, 0.2) is 33.8 Å². The predicted molar refractivity (Wildman–Crippen MR) is 97.2 cm³/mol. The molecule has 24 heavy (non-hydrogen) atoms. The Kier molecular flexibility index (Phi) is 4.60. The fraction of sp³-hybridized carbons (Fsp3) is 0.474. The van der Waals surface area contributed by atoms with Crippen LogP contribution in [-0.4, -0.2) is 10.9 Å². The van der Waals surface area contributed by atoms with Gasteiger partial charge in [0.15, 0.2) is 5.96 Å². The Hall–Kier alpha value is -2.30. The van der Waals surface area contributed by atoms with Gasteiger partial charge < -0.3 is 15.5 Å². The van der Waals surface area contributed by atoms with Crippen molar-refractivity contribution in [3.8, 4) is 0 Å². The summed E-state index contributed by atoms with van der Waals surface area (Å²) in [6.45, 7) is 6.61. The van der Waals surface area contributed by atoms with Crippen molar-refractivity contribution in [2.45, 2.75) is 58.4 Å². The first-order valence-electron chi connectivity index (χ1n) is 8.56. The summed E-state index contributed by atoms with van der Waals surface area (Å²) >= 11 is 0. The first-order chi connectivity index (χ1) is 11.4. The molecular formula is C19H26N4O. The molecule has 0 spiro atoms. The molecule has 1 heterocycles. The summed E-state index contributed by atoms with van der Waals surface area (Å²) in [5, 5.41) is 3.24. The summed E-state index contributed by atoms with van der Waals surface area (Å²) in [7, 11) is 0. The zero-order valence-corrected chi connectivity index (χ0v) is 14.7. The lowest BCUT2D eigenvalue weighted by molar-refractivity contribution is 0.383. The number of aromatic nitrogens is 1. The van der Waals surface area contributed by atoms with Crippen LogP contribution in [0.25, 0.3) is 0 Å². The number of rotatable bonds is 3. The fourth-order valence-corrected chi connectivity index (χ4v) is 2.96. The van der Waals surface area contributed by atoms with Gasteiger partial charge in [-0.05, 0) is 42.9 Å². The molecule has 0 amide bonds. The zero-order chi connectivity index (χ0) is 17.2. The minimum atomic E-state index is -0.0537. The van der Waals surface area contributed by atoms with E-state index in [1.54, 1.807) is 6.20 Å². The topological polar surface area (TPSA) is 76.4 Å². The summed E-state index contributed by atoms with van der Waals surface area (Å²) in [4.78, 5) is 8.64. The number of nitrogens with one attached hydrogen (secondary N) is 1. The van der Waals surface area contributed by atoms with Gasteiger partial charge in [-0.15, -0.1) is 0 Å². The molecule has 128 valence electrons. The molecule has 0 bridgehead atoms. The van der Waals surface area contributed by atoms with E-state index in [0.29, 0.717) is 18.4 Å². The lowest BCUT2D eigenvalue weighted by Crippen LogP contribution is -2.24. The Balaban J connectivity index is 1.68. The van der Waals surface area contributed by atoms with Crippen molar-refractivity contribution in [3.63, 3.8) is 0 Å². The number of guanidine groups is 1. The van der Waals surface area contributed by atoms with E-state index in [1.807, 2.05) is 0 Å². The van der Waals surface area contributed by atoms with Crippen molar-refractivity contribution in [1.82, 2.24) is 4.98 Å². The molecule has 0 saturated heterocycles. The summed E-state index contributed by atoms with van der Waals surface area (Å²) in [6, 6.07) is 6.34. The number of hydrogen-bond donors (Lipinski definition) is 2. The minimum Gasteiger partial charge on any atom is -0.443 e. The van der Waals surface area contributed by atoms with Crippen LogP contribution < -0.4 is 11.1 Å². The zero-order valence-electron chi connectivity index (χ0n) is 14.7. The second-order valence-corrected chi connectivity index (χ2v) is 7.35. The van der Waals surface area contributed by atoms with E-state index in [2.05, 4.69) is 54.3 Å². The molecule has 3 rings (SSSR count). The van der Waals surface area contributed by atoms with Gasteiger partial charge in [0.1, 0.15) is 12.3 Å². The summed E-state index contributed by atoms with van der Waals surface area (Å²) in [5.41, 5.74) is 9.85. The normalized spacial score (nSPS) is 15.2. The standard InChI is InChI=1S/C19H26N4O/c1-19(2,3)16-11-21-17(24-16)12-22-18(20)23-15-10-6-8-13-7-4-5-9-14(13)15/h6,8,10-11H,4-5,7,9,12H2,1-3H3,(H3,20,22,23). The monoisotopic (exact) mass is 326 g/mol. The Bertz CT molecular complexity index is 740. The molecule has 1 aromatic heterocycles. The summed E-state index contributed by atoms with van der Waals surface area (Å²) in [6.07, 6.45) is 6.51. The molecule has 1 aliphatic carbocycles. The largest absolute Gasteiger partial charge is 0.443 e.